The van der Waals surface area contributed by atoms with Crippen LogP contribution in [0.4, 0.5) is 0 Å². The fraction of sp³-hybridized carbons (Fsp3) is 0.500. The molecule has 8 nitrogen and oxygen atoms in total. The number of fused-ring (bicyclic) bond motifs is 1. The number of benzene rings is 1. The van der Waals surface area contributed by atoms with Crippen LogP contribution in [-0.4, -0.2) is 72.3 Å². The predicted octanol–water partition coefficient (Wildman–Crippen LogP) is 1.72. The Bertz CT molecular complexity index is 1020. The Kier molecular flexibility index (Phi) is 7.09. The molecule has 1 saturated carbocycles. The molecule has 1 aromatic heterocycles. The third-order valence-corrected chi connectivity index (χ3v) is 7.44. The molecule has 0 spiro atoms. The van der Waals surface area contributed by atoms with Crippen LogP contribution >= 0.6 is 11.3 Å². The zero-order valence-corrected chi connectivity index (χ0v) is 20.1. The van der Waals surface area contributed by atoms with E-state index < -0.39 is 0 Å². The Morgan fingerprint density at radius 2 is 1.97 bits per heavy atom. The lowest BCUT2D eigenvalue weighted by atomic mass is 9.81. The molecule has 9 heteroatoms. The Morgan fingerprint density at radius 3 is 2.70 bits per heavy atom. The second-order valence-electron chi connectivity index (χ2n) is 9.07. The number of thiazole rings is 1. The maximum Gasteiger partial charge on any atom is 0.280 e. The van der Waals surface area contributed by atoms with Crippen LogP contribution in [0.15, 0.2) is 24.3 Å². The van der Waals surface area contributed by atoms with Gasteiger partial charge in [-0.05, 0) is 44.5 Å². The standard InChI is InChI=1S/C24H30N5O3S/c1-28(2)24(32)16-9-10-17(25-21(30)15-7-5-4-6-8-15)19(13-16)26-22(31)23-27-18-11-12-29(3)14-20(18)33-23/h4-5,7-8,16-17,19H,9-14H2,1-3H3,(H,25,30)(H,26,31)/t16-,17-,19+/m0/s1. The van der Waals surface area contributed by atoms with Crippen LogP contribution in [-0.2, 0) is 17.8 Å². The maximum absolute atomic E-state index is 13.1. The van der Waals surface area contributed by atoms with Crippen LogP contribution in [0.1, 0.15) is 50.0 Å². The molecule has 1 radical (unpaired) electrons. The highest BCUT2D eigenvalue weighted by atomic mass is 32.1. The first-order valence-electron chi connectivity index (χ1n) is 11.3. The summed E-state index contributed by atoms with van der Waals surface area (Å²) in [6.45, 7) is 1.73. The zero-order valence-electron chi connectivity index (χ0n) is 19.3. The lowest BCUT2D eigenvalue weighted by Gasteiger charge is -2.37. The van der Waals surface area contributed by atoms with Gasteiger partial charge in [-0.3, -0.25) is 14.4 Å². The first-order valence-corrected chi connectivity index (χ1v) is 12.1. The van der Waals surface area contributed by atoms with Crippen molar-refractivity contribution < 1.29 is 14.4 Å². The molecule has 1 aromatic carbocycles. The highest BCUT2D eigenvalue weighted by Crippen LogP contribution is 2.28. The summed E-state index contributed by atoms with van der Waals surface area (Å²) >= 11 is 1.43. The Hall–Kier alpha value is -2.78. The molecule has 1 aliphatic heterocycles. The largest absolute Gasteiger partial charge is 0.349 e. The molecule has 1 fully saturated rings. The molecule has 2 aromatic rings. The summed E-state index contributed by atoms with van der Waals surface area (Å²) in [5.74, 6) is -0.598. The minimum Gasteiger partial charge on any atom is -0.349 e. The van der Waals surface area contributed by atoms with Crippen molar-refractivity contribution in [1.29, 1.82) is 0 Å². The van der Waals surface area contributed by atoms with Crippen molar-refractivity contribution in [2.45, 2.75) is 44.3 Å². The first-order chi connectivity index (χ1) is 15.8. The number of likely N-dealkylation sites (N-methyl/N-ethyl adjacent to an activating group) is 1. The predicted molar refractivity (Wildman–Crippen MR) is 126 cm³/mol. The lowest BCUT2D eigenvalue weighted by Crippen LogP contribution is -2.55. The molecule has 1 aliphatic carbocycles. The zero-order chi connectivity index (χ0) is 23.5. The van der Waals surface area contributed by atoms with Gasteiger partial charge >= 0.3 is 0 Å². The Balaban J connectivity index is 1.50. The molecule has 2 aliphatic rings. The average molecular weight is 469 g/mol. The Labute approximate surface area is 198 Å². The number of nitrogens with zero attached hydrogens (tertiary/aromatic N) is 3. The van der Waals surface area contributed by atoms with E-state index in [-0.39, 0.29) is 35.7 Å². The molecule has 2 N–H and O–H groups in total. The molecule has 0 bridgehead atoms. The monoisotopic (exact) mass is 468 g/mol. The van der Waals surface area contributed by atoms with E-state index in [1.165, 1.54) is 11.3 Å². The van der Waals surface area contributed by atoms with E-state index >= 15 is 0 Å². The van der Waals surface area contributed by atoms with Gasteiger partial charge in [0.1, 0.15) is 0 Å². The van der Waals surface area contributed by atoms with Gasteiger partial charge < -0.3 is 20.4 Å². The van der Waals surface area contributed by atoms with Crippen LogP contribution in [0.3, 0.4) is 0 Å². The van der Waals surface area contributed by atoms with Gasteiger partial charge in [-0.25, -0.2) is 4.98 Å². The van der Waals surface area contributed by atoms with E-state index in [0.717, 1.165) is 30.1 Å². The number of aromatic nitrogens is 1. The minimum atomic E-state index is -0.361. The van der Waals surface area contributed by atoms with Gasteiger partial charge in [0.05, 0.1) is 11.7 Å². The number of carbonyl (C=O) groups excluding carboxylic acids is 3. The number of nitrogens with one attached hydrogen (secondary N) is 2. The molecular formula is C24H30N5O3S. The summed E-state index contributed by atoms with van der Waals surface area (Å²) in [5, 5.41) is 6.60. The topological polar surface area (TPSA) is 94.6 Å². The molecule has 33 heavy (non-hydrogen) atoms. The summed E-state index contributed by atoms with van der Waals surface area (Å²) < 4.78 is 0. The van der Waals surface area contributed by atoms with Crippen LogP contribution in [0.5, 0.6) is 0 Å². The van der Waals surface area contributed by atoms with Crippen LogP contribution in [0.2, 0.25) is 0 Å². The molecule has 0 unspecified atom stereocenters. The molecule has 3 atom stereocenters. The smallest absolute Gasteiger partial charge is 0.280 e. The quantitative estimate of drug-likeness (QED) is 0.697. The van der Waals surface area contributed by atoms with Gasteiger partial charge in [0.25, 0.3) is 11.8 Å². The van der Waals surface area contributed by atoms with Crippen molar-refractivity contribution in [3.8, 4) is 0 Å². The van der Waals surface area contributed by atoms with Gasteiger partial charge in [-0.15, -0.1) is 11.3 Å². The number of amides is 3. The van der Waals surface area contributed by atoms with E-state index in [1.54, 1.807) is 43.3 Å². The van der Waals surface area contributed by atoms with E-state index in [4.69, 9.17) is 0 Å². The van der Waals surface area contributed by atoms with Gasteiger partial charge in [-0.1, -0.05) is 12.1 Å². The third-order valence-electron chi connectivity index (χ3n) is 6.36. The van der Waals surface area contributed by atoms with Crippen molar-refractivity contribution in [2.75, 3.05) is 27.7 Å². The van der Waals surface area contributed by atoms with E-state index in [0.29, 0.717) is 29.8 Å². The van der Waals surface area contributed by atoms with Gasteiger partial charge in [0.15, 0.2) is 5.01 Å². The summed E-state index contributed by atoms with van der Waals surface area (Å²) in [6, 6.07) is 9.16. The SMILES string of the molecule is CN1CCc2nc(C(=O)N[C@@H]3C[C@@H](C(=O)N(C)C)CC[C@@H]3NC(=O)c3c[c]ccc3)sc2C1. The molecule has 0 saturated heterocycles. The lowest BCUT2D eigenvalue weighted by molar-refractivity contribution is -0.134. The van der Waals surface area contributed by atoms with Crippen molar-refractivity contribution in [3.05, 3.63) is 51.5 Å². The highest BCUT2D eigenvalue weighted by Gasteiger charge is 2.37. The normalized spacial score (nSPS) is 22.8. The number of carbonyl (C=O) groups is 3. The average Bonchev–Trinajstić information content (AvgIpc) is 3.23. The number of hydrogen-bond donors (Lipinski definition) is 2. The van der Waals surface area contributed by atoms with E-state index in [2.05, 4.69) is 33.6 Å². The van der Waals surface area contributed by atoms with Gasteiger partial charge in [0.2, 0.25) is 5.91 Å². The van der Waals surface area contributed by atoms with Gasteiger partial charge in [0, 0.05) is 56.0 Å². The molecule has 4 rings (SSSR count). The van der Waals surface area contributed by atoms with Crippen molar-refractivity contribution in [1.82, 2.24) is 25.4 Å². The van der Waals surface area contributed by atoms with Crippen LogP contribution in [0.25, 0.3) is 0 Å². The number of rotatable bonds is 5. The fourth-order valence-corrected chi connectivity index (χ4v) is 5.62. The summed E-state index contributed by atoms with van der Waals surface area (Å²) in [4.78, 5) is 48.0. The van der Waals surface area contributed by atoms with E-state index in [9.17, 15) is 14.4 Å². The first kappa shape index (κ1) is 23.4. The van der Waals surface area contributed by atoms with Crippen molar-refractivity contribution >= 4 is 29.1 Å². The second-order valence-corrected chi connectivity index (χ2v) is 10.2. The van der Waals surface area contributed by atoms with Crippen molar-refractivity contribution in [2.24, 2.45) is 5.92 Å². The highest BCUT2D eigenvalue weighted by molar-refractivity contribution is 7.13. The maximum atomic E-state index is 13.1. The Morgan fingerprint density at radius 1 is 1.18 bits per heavy atom. The van der Waals surface area contributed by atoms with Gasteiger partial charge in [-0.2, -0.15) is 0 Å². The second kappa shape index (κ2) is 10.0. The molecule has 2 heterocycles. The fourth-order valence-electron chi connectivity index (χ4n) is 4.53. The number of hydrogen-bond acceptors (Lipinski definition) is 6. The molecule has 175 valence electrons. The van der Waals surface area contributed by atoms with E-state index in [1.807, 2.05) is 0 Å². The van der Waals surface area contributed by atoms with Crippen LogP contribution < -0.4 is 10.6 Å². The van der Waals surface area contributed by atoms with Crippen molar-refractivity contribution in [3.63, 3.8) is 0 Å². The molecule has 3 amide bonds. The third kappa shape index (κ3) is 5.42. The summed E-state index contributed by atoms with van der Waals surface area (Å²) in [5.41, 5.74) is 1.52. The minimum absolute atomic E-state index is 0.0458. The van der Waals surface area contributed by atoms with Crippen LogP contribution in [0, 0.1) is 12.0 Å². The summed E-state index contributed by atoms with van der Waals surface area (Å²) in [7, 11) is 5.55. The summed E-state index contributed by atoms with van der Waals surface area (Å²) in [6.07, 6.45) is 2.58. The molecular weight excluding hydrogens is 438 g/mol.